The maximum atomic E-state index is 14.1. The third-order valence-corrected chi connectivity index (χ3v) is 9.85. The minimum Gasteiger partial charge on any atom is -0.463 e. The van der Waals surface area contributed by atoms with Crippen molar-refractivity contribution in [2.75, 3.05) is 6.61 Å². The molecule has 0 radical (unpaired) electrons. The molecule has 0 bridgehead atoms. The van der Waals surface area contributed by atoms with E-state index in [0.29, 0.717) is 44.4 Å². The second-order valence-electron chi connectivity index (χ2n) is 11.3. The van der Waals surface area contributed by atoms with Crippen LogP contribution in [0.25, 0.3) is 43.5 Å². The summed E-state index contributed by atoms with van der Waals surface area (Å²) < 4.78 is 30.6. The second-order valence-corrected chi connectivity index (χ2v) is 13.0. The molecule has 0 saturated heterocycles. The van der Waals surface area contributed by atoms with Crippen molar-refractivity contribution in [3.05, 3.63) is 136 Å². The molecule has 0 saturated carbocycles. The molecule has 246 valence electrons. The Morgan fingerprint density at radius 2 is 1.55 bits per heavy atom. The molecule has 49 heavy (non-hydrogen) atoms. The molecule has 8 nitrogen and oxygen atoms in total. The van der Waals surface area contributed by atoms with Crippen LogP contribution in [0.1, 0.15) is 36.0 Å². The number of nitrogens with one attached hydrogen (secondary N) is 1. The average Bonchev–Trinajstić information content (AvgIpc) is 3.60. The smallest absolute Gasteiger partial charge is 0.384 e. The van der Waals surface area contributed by atoms with Gasteiger partial charge in [0.15, 0.2) is 10.8 Å². The van der Waals surface area contributed by atoms with Crippen LogP contribution in [0.3, 0.4) is 0 Å². The van der Waals surface area contributed by atoms with E-state index >= 15 is 0 Å². The molecule has 1 atom stereocenters. The van der Waals surface area contributed by atoms with Gasteiger partial charge >= 0.3 is 14.2 Å². The van der Waals surface area contributed by atoms with E-state index in [2.05, 4.69) is 39.6 Å². The summed E-state index contributed by atoms with van der Waals surface area (Å²) >= 11 is 1.44. The van der Waals surface area contributed by atoms with Gasteiger partial charge in [-0.25, -0.2) is 14.2 Å². The number of fused-ring (bicyclic) bond motifs is 7. The van der Waals surface area contributed by atoms with Gasteiger partial charge in [0.05, 0.1) is 12.2 Å². The molecular formula is C38H31FN3O5PS. The summed E-state index contributed by atoms with van der Waals surface area (Å²) in [5.41, 5.74) is 3.42. The van der Waals surface area contributed by atoms with Crippen LogP contribution in [-0.4, -0.2) is 28.3 Å². The standard InChI is InChI=1S/C20H13O3P.C18H18FN3O2S/c21-24-22-17-11-9-13-5-1-3-7-15(13)19(17)20-16-8-4-2-6-14(16)10-12-18(20)23-24;1-4-24-18(23)14-11(3)21-16(17-20-8-9-25-17)22-15(14)12-6-5-7-13(19)10(12)2/h1-12,21H;5-9,15H,4H2,1-3H3,(H,21,22)/t;15-/m.0/s1. The second kappa shape index (κ2) is 13.7. The van der Waals surface area contributed by atoms with Crippen LogP contribution in [0.4, 0.5) is 4.39 Å². The molecule has 1 aliphatic heterocycles. The Labute approximate surface area is 285 Å². The van der Waals surface area contributed by atoms with Crippen molar-refractivity contribution in [2.45, 2.75) is 26.8 Å². The van der Waals surface area contributed by atoms with E-state index in [-0.39, 0.29) is 12.4 Å². The van der Waals surface area contributed by atoms with Gasteiger partial charge < -0.3 is 18.4 Å². The monoisotopic (exact) mass is 691 g/mol. The number of carbonyl (C=O) groups excluding carboxylic acids is 1. The van der Waals surface area contributed by atoms with Gasteiger partial charge in [-0.15, -0.1) is 11.3 Å². The van der Waals surface area contributed by atoms with Gasteiger partial charge in [0, 0.05) is 28.0 Å². The van der Waals surface area contributed by atoms with E-state index in [1.807, 2.05) is 53.9 Å². The largest absolute Gasteiger partial charge is 0.463 e. The summed E-state index contributed by atoms with van der Waals surface area (Å²) in [4.78, 5) is 31.6. The van der Waals surface area contributed by atoms with E-state index in [4.69, 9.17) is 13.1 Å². The molecule has 0 amide bonds. The summed E-state index contributed by atoms with van der Waals surface area (Å²) in [6.07, 6.45) is 1.69. The lowest BCUT2D eigenvalue weighted by Gasteiger charge is -2.26. The van der Waals surface area contributed by atoms with E-state index < -0.39 is 20.3 Å². The van der Waals surface area contributed by atoms with Crippen molar-refractivity contribution >= 4 is 74.9 Å². The average molecular weight is 692 g/mol. The van der Waals surface area contributed by atoms with Gasteiger partial charge in [0.1, 0.15) is 23.0 Å². The van der Waals surface area contributed by atoms with Gasteiger partial charge in [-0.2, -0.15) is 0 Å². The number of hydrogen-bond donors (Lipinski definition) is 2. The van der Waals surface area contributed by atoms with Crippen LogP contribution in [-0.2, 0) is 9.53 Å². The zero-order chi connectivity index (χ0) is 34.1. The maximum Gasteiger partial charge on any atom is 0.384 e. The number of aliphatic imine (C=N–C) groups is 1. The Kier molecular flexibility index (Phi) is 9.01. The highest BCUT2D eigenvalue weighted by molar-refractivity contribution is 7.30. The molecule has 1 aliphatic rings. The molecular weight excluding hydrogens is 660 g/mol. The first-order chi connectivity index (χ1) is 23.8. The first-order valence-electron chi connectivity index (χ1n) is 15.6. The molecule has 8 rings (SSSR count). The predicted molar refractivity (Wildman–Crippen MR) is 194 cm³/mol. The highest BCUT2D eigenvalue weighted by Gasteiger charge is 2.32. The van der Waals surface area contributed by atoms with Crippen molar-refractivity contribution in [3.63, 3.8) is 0 Å². The lowest BCUT2D eigenvalue weighted by Crippen LogP contribution is -2.33. The number of amidine groups is 1. The number of nitrogens with zero attached hydrogens (tertiary/aromatic N) is 2. The van der Waals surface area contributed by atoms with Gasteiger partial charge in [-0.3, -0.25) is 9.89 Å². The van der Waals surface area contributed by atoms with E-state index in [0.717, 1.165) is 32.3 Å². The molecule has 0 spiro atoms. The van der Waals surface area contributed by atoms with E-state index in [1.165, 1.54) is 17.4 Å². The normalized spacial score (nSPS) is 14.4. The summed E-state index contributed by atoms with van der Waals surface area (Å²) in [6, 6.07) is 28.4. The number of esters is 1. The topological polar surface area (TPSA) is 110 Å². The van der Waals surface area contributed by atoms with Crippen LogP contribution in [0.15, 0.2) is 127 Å². The fraction of sp³-hybridized carbons (Fsp3) is 0.132. The lowest BCUT2D eigenvalue weighted by atomic mass is 9.92. The predicted octanol–water partition coefficient (Wildman–Crippen LogP) is 9.87. The Balaban J connectivity index is 0.000000154. The fourth-order valence-corrected chi connectivity index (χ4v) is 7.37. The van der Waals surface area contributed by atoms with Crippen LogP contribution in [0, 0.1) is 12.7 Å². The summed E-state index contributed by atoms with van der Waals surface area (Å²) in [5.74, 6) is -0.222. The zero-order valence-electron chi connectivity index (χ0n) is 26.8. The molecule has 5 aromatic carbocycles. The van der Waals surface area contributed by atoms with Crippen molar-refractivity contribution < 1.29 is 27.2 Å². The molecule has 2 aromatic heterocycles. The van der Waals surface area contributed by atoms with Crippen LogP contribution >= 0.6 is 19.6 Å². The molecule has 0 unspecified atom stereocenters. The van der Waals surface area contributed by atoms with E-state index in [9.17, 15) is 14.1 Å². The van der Waals surface area contributed by atoms with Crippen LogP contribution in [0.5, 0.6) is 0 Å². The number of carbonyl (C=O) groups is 1. The Morgan fingerprint density at radius 3 is 2.14 bits per heavy atom. The Hall–Kier alpha value is -5.28. The van der Waals surface area contributed by atoms with Gasteiger partial charge in [-0.05, 0) is 71.6 Å². The van der Waals surface area contributed by atoms with E-state index in [1.54, 1.807) is 39.1 Å². The number of benzene rings is 5. The minimum absolute atomic E-state index is 0.257. The molecule has 7 aromatic rings. The Bertz CT molecular complexity index is 2380. The SMILES string of the molecule is CCOC(=O)C1=C(C)NC(c2nccs2)=N[C@H]1c1cccc(F)c1C.Op1oc2ccc3ccccc3c2c2c(ccc3ccccc32)o1. The maximum absolute atomic E-state index is 14.1. The number of aromatic nitrogens is 1. The number of allylic oxidation sites excluding steroid dienone is 1. The first kappa shape index (κ1) is 32.3. The first-order valence-corrected chi connectivity index (χ1v) is 17.6. The van der Waals surface area contributed by atoms with Gasteiger partial charge in [-0.1, -0.05) is 72.8 Å². The number of halogens is 1. The molecule has 0 aliphatic carbocycles. The minimum atomic E-state index is -2.00. The quantitative estimate of drug-likeness (QED) is 0.177. The number of rotatable bonds is 4. The Morgan fingerprint density at radius 1 is 0.918 bits per heavy atom. The van der Waals surface area contributed by atoms with Crippen LogP contribution < -0.4 is 5.32 Å². The van der Waals surface area contributed by atoms with Gasteiger partial charge in [0.2, 0.25) is 0 Å². The third kappa shape index (κ3) is 6.22. The van der Waals surface area contributed by atoms with Crippen molar-refractivity contribution in [1.82, 2.24) is 10.3 Å². The van der Waals surface area contributed by atoms with Crippen molar-refractivity contribution in [1.29, 1.82) is 0 Å². The number of ether oxygens (including phenoxy) is 1. The lowest BCUT2D eigenvalue weighted by molar-refractivity contribution is -0.138. The number of hydrogen-bond acceptors (Lipinski definition) is 9. The molecule has 3 heterocycles. The van der Waals surface area contributed by atoms with Crippen molar-refractivity contribution in [3.8, 4) is 0 Å². The summed E-state index contributed by atoms with van der Waals surface area (Å²) in [6.45, 7) is 5.48. The molecule has 11 heteroatoms. The third-order valence-electron chi connectivity index (χ3n) is 8.36. The number of thiazole rings is 1. The zero-order valence-corrected chi connectivity index (χ0v) is 28.5. The van der Waals surface area contributed by atoms with Crippen LogP contribution in [0.2, 0.25) is 0 Å². The molecule has 0 fully saturated rings. The molecule has 2 N–H and O–H groups in total. The van der Waals surface area contributed by atoms with Crippen molar-refractivity contribution in [2.24, 2.45) is 4.99 Å². The van der Waals surface area contributed by atoms with Gasteiger partial charge in [0.25, 0.3) is 0 Å². The summed E-state index contributed by atoms with van der Waals surface area (Å²) in [7, 11) is -2.00. The highest BCUT2D eigenvalue weighted by atomic mass is 32.1. The fourth-order valence-electron chi connectivity index (χ4n) is 6.10. The highest BCUT2D eigenvalue weighted by Crippen LogP contribution is 2.39. The summed E-state index contributed by atoms with van der Waals surface area (Å²) in [5, 5.41) is 12.1.